The average molecular weight is 284 g/mol. The van der Waals surface area contributed by atoms with Gasteiger partial charge in [0.15, 0.2) is 0 Å². The van der Waals surface area contributed by atoms with Crippen LogP contribution in [-0.2, 0) is 6.54 Å². The Labute approximate surface area is 127 Å². The van der Waals surface area contributed by atoms with E-state index in [9.17, 15) is 5.11 Å². The van der Waals surface area contributed by atoms with Crippen LogP contribution in [0.4, 0.5) is 0 Å². The van der Waals surface area contributed by atoms with Gasteiger partial charge in [0.05, 0.1) is 6.10 Å². The first-order valence-electron chi connectivity index (χ1n) is 7.41. The zero-order chi connectivity index (χ0) is 15.2. The number of likely N-dealkylation sites (N-methyl/N-ethyl adjacent to an activating group) is 1. The lowest BCUT2D eigenvalue weighted by Gasteiger charge is -2.35. The Kier molecular flexibility index (Phi) is 5.48. The first-order valence-corrected chi connectivity index (χ1v) is 7.41. The number of pyridine rings is 1. The molecule has 0 amide bonds. The molecule has 1 heterocycles. The number of benzene rings is 1. The zero-order valence-corrected chi connectivity index (χ0v) is 13.0. The molecule has 0 fully saturated rings. The maximum Gasteiger partial charge on any atom is 0.0947 e. The van der Waals surface area contributed by atoms with Gasteiger partial charge in [-0.15, -0.1) is 0 Å². The smallest absolute Gasteiger partial charge is 0.0947 e. The van der Waals surface area contributed by atoms with Crippen molar-refractivity contribution in [1.29, 1.82) is 0 Å². The lowest BCUT2D eigenvalue weighted by atomic mass is 9.92. The Morgan fingerprint density at radius 2 is 1.81 bits per heavy atom. The highest BCUT2D eigenvalue weighted by Crippen LogP contribution is 2.26. The van der Waals surface area contributed by atoms with Gasteiger partial charge in [-0.05, 0) is 30.2 Å². The van der Waals surface area contributed by atoms with E-state index in [1.165, 1.54) is 0 Å². The van der Waals surface area contributed by atoms with Crippen LogP contribution in [0.1, 0.15) is 31.1 Å². The molecule has 0 bridgehead atoms. The van der Waals surface area contributed by atoms with Gasteiger partial charge in [0, 0.05) is 25.0 Å². The van der Waals surface area contributed by atoms with Crippen molar-refractivity contribution in [3.05, 3.63) is 66.0 Å². The monoisotopic (exact) mass is 284 g/mol. The Morgan fingerprint density at radius 3 is 2.38 bits per heavy atom. The van der Waals surface area contributed by atoms with E-state index in [2.05, 4.69) is 36.8 Å². The summed E-state index contributed by atoms with van der Waals surface area (Å²) in [6, 6.07) is 14.0. The van der Waals surface area contributed by atoms with Crippen molar-refractivity contribution in [3.63, 3.8) is 0 Å². The van der Waals surface area contributed by atoms with Gasteiger partial charge in [-0.25, -0.2) is 0 Å². The van der Waals surface area contributed by atoms with E-state index in [0.717, 1.165) is 17.7 Å². The molecule has 0 aliphatic rings. The van der Waals surface area contributed by atoms with Gasteiger partial charge in [-0.3, -0.25) is 9.88 Å². The van der Waals surface area contributed by atoms with Crippen molar-refractivity contribution in [3.8, 4) is 0 Å². The second-order valence-corrected chi connectivity index (χ2v) is 5.87. The highest BCUT2D eigenvalue weighted by atomic mass is 16.3. The van der Waals surface area contributed by atoms with Gasteiger partial charge in [-0.1, -0.05) is 50.2 Å². The summed E-state index contributed by atoms with van der Waals surface area (Å²) in [5.41, 5.74) is 2.13. The third-order valence-corrected chi connectivity index (χ3v) is 3.81. The van der Waals surface area contributed by atoms with Crippen LogP contribution in [0.25, 0.3) is 0 Å². The van der Waals surface area contributed by atoms with Gasteiger partial charge in [0.1, 0.15) is 0 Å². The number of hydrogen-bond donors (Lipinski definition) is 1. The fourth-order valence-corrected chi connectivity index (χ4v) is 2.85. The Balaban J connectivity index is 2.15. The Morgan fingerprint density at radius 1 is 1.10 bits per heavy atom. The Hall–Kier alpha value is -1.71. The summed E-state index contributed by atoms with van der Waals surface area (Å²) in [6.45, 7) is 5.08. The van der Waals surface area contributed by atoms with Crippen LogP contribution in [0.15, 0.2) is 54.9 Å². The van der Waals surface area contributed by atoms with E-state index < -0.39 is 6.10 Å². The van der Waals surface area contributed by atoms with Crippen molar-refractivity contribution in [2.24, 2.45) is 5.92 Å². The molecule has 112 valence electrons. The summed E-state index contributed by atoms with van der Waals surface area (Å²) in [4.78, 5) is 6.36. The molecule has 2 aromatic rings. The van der Waals surface area contributed by atoms with Gasteiger partial charge < -0.3 is 5.11 Å². The number of rotatable bonds is 6. The summed E-state index contributed by atoms with van der Waals surface area (Å²) < 4.78 is 0. The number of aliphatic hydroxyl groups is 1. The average Bonchev–Trinajstić information content (AvgIpc) is 2.49. The minimum Gasteiger partial charge on any atom is -0.387 e. The van der Waals surface area contributed by atoms with Crippen LogP contribution in [0.2, 0.25) is 0 Å². The molecular weight excluding hydrogens is 260 g/mol. The molecule has 3 nitrogen and oxygen atoms in total. The van der Waals surface area contributed by atoms with E-state index in [0.29, 0.717) is 5.92 Å². The van der Waals surface area contributed by atoms with Gasteiger partial charge in [-0.2, -0.15) is 0 Å². The SMILES string of the molecule is CC(C)C(C(O)c1ccccc1)N(C)Cc1cccnc1. The topological polar surface area (TPSA) is 36.4 Å². The van der Waals surface area contributed by atoms with Crippen molar-refractivity contribution >= 4 is 0 Å². The highest BCUT2D eigenvalue weighted by molar-refractivity contribution is 5.19. The van der Waals surface area contributed by atoms with Gasteiger partial charge >= 0.3 is 0 Å². The lowest BCUT2D eigenvalue weighted by molar-refractivity contribution is 0.0325. The molecule has 21 heavy (non-hydrogen) atoms. The van der Waals surface area contributed by atoms with E-state index >= 15 is 0 Å². The summed E-state index contributed by atoms with van der Waals surface area (Å²) in [7, 11) is 2.06. The first kappa shape index (κ1) is 15.7. The molecule has 0 aliphatic heterocycles. The number of aliphatic hydroxyl groups excluding tert-OH is 1. The van der Waals surface area contributed by atoms with E-state index in [1.54, 1.807) is 6.20 Å². The fourth-order valence-electron chi connectivity index (χ4n) is 2.85. The molecule has 1 aromatic heterocycles. The predicted molar refractivity (Wildman–Crippen MR) is 85.7 cm³/mol. The summed E-state index contributed by atoms with van der Waals surface area (Å²) in [6.07, 6.45) is 3.17. The quantitative estimate of drug-likeness (QED) is 0.884. The third-order valence-electron chi connectivity index (χ3n) is 3.81. The molecule has 2 rings (SSSR count). The first-order chi connectivity index (χ1) is 10.1. The van der Waals surface area contributed by atoms with Crippen LogP contribution in [-0.4, -0.2) is 28.1 Å². The highest BCUT2D eigenvalue weighted by Gasteiger charge is 2.27. The molecule has 1 aromatic carbocycles. The molecule has 1 N–H and O–H groups in total. The van der Waals surface area contributed by atoms with E-state index in [1.807, 2.05) is 42.6 Å². The molecule has 0 spiro atoms. The molecule has 0 aliphatic carbocycles. The number of nitrogens with zero attached hydrogens (tertiary/aromatic N) is 2. The normalized spacial score (nSPS) is 14.4. The predicted octanol–water partition coefficient (Wildman–Crippen LogP) is 3.27. The van der Waals surface area contributed by atoms with Crippen LogP contribution in [0.5, 0.6) is 0 Å². The van der Waals surface area contributed by atoms with E-state index in [4.69, 9.17) is 0 Å². The zero-order valence-electron chi connectivity index (χ0n) is 13.0. The molecule has 2 unspecified atom stereocenters. The van der Waals surface area contributed by atoms with Crippen LogP contribution in [0.3, 0.4) is 0 Å². The molecule has 2 atom stereocenters. The lowest BCUT2D eigenvalue weighted by Crippen LogP contribution is -2.40. The van der Waals surface area contributed by atoms with Crippen molar-refractivity contribution in [2.75, 3.05) is 7.05 Å². The standard InChI is InChI=1S/C18H24N2O/c1-14(2)17(18(21)16-9-5-4-6-10-16)20(3)13-15-8-7-11-19-12-15/h4-12,14,17-18,21H,13H2,1-3H3. The Bertz CT molecular complexity index is 527. The number of hydrogen-bond acceptors (Lipinski definition) is 3. The number of aromatic nitrogens is 1. The third kappa shape index (κ3) is 4.13. The minimum absolute atomic E-state index is 0.0626. The molecule has 0 saturated carbocycles. The van der Waals surface area contributed by atoms with Gasteiger partial charge in [0.25, 0.3) is 0 Å². The second kappa shape index (κ2) is 7.34. The maximum atomic E-state index is 10.7. The van der Waals surface area contributed by atoms with Gasteiger partial charge in [0.2, 0.25) is 0 Å². The van der Waals surface area contributed by atoms with Crippen molar-refractivity contribution < 1.29 is 5.11 Å². The molecule has 0 radical (unpaired) electrons. The molecule has 0 saturated heterocycles. The van der Waals surface area contributed by atoms with Crippen molar-refractivity contribution in [1.82, 2.24) is 9.88 Å². The molecular formula is C18H24N2O. The maximum absolute atomic E-state index is 10.7. The fraction of sp³-hybridized carbons (Fsp3) is 0.389. The summed E-state index contributed by atoms with van der Waals surface area (Å²) in [5.74, 6) is 0.349. The van der Waals surface area contributed by atoms with Crippen LogP contribution < -0.4 is 0 Å². The second-order valence-electron chi connectivity index (χ2n) is 5.87. The van der Waals surface area contributed by atoms with Crippen LogP contribution >= 0.6 is 0 Å². The van der Waals surface area contributed by atoms with Crippen LogP contribution in [0, 0.1) is 5.92 Å². The van der Waals surface area contributed by atoms with E-state index in [-0.39, 0.29) is 6.04 Å². The van der Waals surface area contributed by atoms with Crippen molar-refractivity contribution in [2.45, 2.75) is 32.5 Å². The summed E-state index contributed by atoms with van der Waals surface area (Å²) in [5, 5.41) is 10.7. The largest absolute Gasteiger partial charge is 0.387 e. The minimum atomic E-state index is -0.493. The summed E-state index contributed by atoms with van der Waals surface area (Å²) >= 11 is 0. The molecule has 3 heteroatoms.